The lowest BCUT2D eigenvalue weighted by Gasteiger charge is -2.31. The number of piperazine rings is 1. The van der Waals surface area contributed by atoms with Gasteiger partial charge >= 0.3 is 0 Å². The van der Waals surface area contributed by atoms with Crippen LogP contribution in [-0.4, -0.2) is 57.6 Å². The number of nitrogens with zero attached hydrogens (tertiary/aromatic N) is 2. The van der Waals surface area contributed by atoms with E-state index in [9.17, 15) is 13.2 Å². The summed E-state index contributed by atoms with van der Waals surface area (Å²) in [7, 11) is -3.51. The Hall–Kier alpha value is -1.78. The quantitative estimate of drug-likeness (QED) is 0.461. The highest BCUT2D eigenvalue weighted by Gasteiger charge is 2.31. The molecule has 1 heterocycles. The Balaban J connectivity index is 1.47. The van der Waals surface area contributed by atoms with Crippen molar-refractivity contribution in [3.63, 3.8) is 0 Å². The van der Waals surface area contributed by atoms with Gasteiger partial charge in [0.05, 0.1) is 37.3 Å². The van der Waals surface area contributed by atoms with Crippen LogP contribution >= 0.6 is 27.5 Å². The Bertz CT molecular complexity index is 974. The number of quaternary nitrogens is 1. The van der Waals surface area contributed by atoms with Gasteiger partial charge in [-0.25, -0.2) is 13.8 Å². The van der Waals surface area contributed by atoms with Crippen LogP contribution < -0.4 is 10.3 Å². The van der Waals surface area contributed by atoms with E-state index in [4.69, 9.17) is 11.6 Å². The van der Waals surface area contributed by atoms with E-state index >= 15 is 0 Å². The molecule has 1 aliphatic heterocycles. The molecular weight excluding hydrogens is 480 g/mol. The van der Waals surface area contributed by atoms with Crippen molar-refractivity contribution in [3.8, 4) is 0 Å². The minimum Gasteiger partial charge on any atom is -0.325 e. The van der Waals surface area contributed by atoms with Crippen LogP contribution in [0.25, 0.3) is 0 Å². The summed E-state index contributed by atoms with van der Waals surface area (Å²) < 4.78 is 27.7. The van der Waals surface area contributed by atoms with Gasteiger partial charge in [0.25, 0.3) is 5.91 Å². The van der Waals surface area contributed by atoms with Gasteiger partial charge in [0.1, 0.15) is 0 Å². The van der Waals surface area contributed by atoms with E-state index in [1.54, 1.807) is 54.7 Å². The first-order chi connectivity index (χ1) is 13.8. The van der Waals surface area contributed by atoms with Gasteiger partial charge in [-0.15, -0.1) is 0 Å². The fourth-order valence-electron chi connectivity index (χ4n) is 2.97. The van der Waals surface area contributed by atoms with Crippen molar-refractivity contribution in [1.29, 1.82) is 0 Å². The average molecular weight is 501 g/mol. The third kappa shape index (κ3) is 6.10. The van der Waals surface area contributed by atoms with Gasteiger partial charge in [-0.1, -0.05) is 39.7 Å². The molecule has 0 bridgehead atoms. The van der Waals surface area contributed by atoms with E-state index in [0.717, 1.165) is 14.9 Å². The maximum atomic E-state index is 12.7. The lowest BCUT2D eigenvalue weighted by Crippen LogP contribution is -3.15. The molecule has 29 heavy (non-hydrogen) atoms. The highest BCUT2D eigenvalue weighted by atomic mass is 79.9. The van der Waals surface area contributed by atoms with Crippen molar-refractivity contribution in [2.45, 2.75) is 4.90 Å². The molecule has 1 saturated heterocycles. The lowest BCUT2D eigenvalue weighted by molar-refractivity contribution is -0.895. The second kappa shape index (κ2) is 9.82. The van der Waals surface area contributed by atoms with E-state index in [-0.39, 0.29) is 17.3 Å². The smallest absolute Gasteiger partial charge is 0.295 e. The van der Waals surface area contributed by atoms with Crippen molar-refractivity contribution in [2.24, 2.45) is 5.10 Å². The number of hydrazone groups is 1. The topological polar surface area (TPSA) is 83.3 Å². The largest absolute Gasteiger partial charge is 0.325 e. The summed E-state index contributed by atoms with van der Waals surface area (Å²) in [5.41, 5.74) is 3.33. The van der Waals surface area contributed by atoms with Crippen molar-refractivity contribution in [3.05, 3.63) is 63.6 Å². The number of hydrogen-bond acceptors (Lipinski definition) is 4. The molecule has 7 nitrogen and oxygen atoms in total. The van der Waals surface area contributed by atoms with Gasteiger partial charge < -0.3 is 4.90 Å². The molecule has 1 amide bonds. The van der Waals surface area contributed by atoms with Crippen molar-refractivity contribution < 1.29 is 18.1 Å². The second-order valence-electron chi connectivity index (χ2n) is 6.63. The van der Waals surface area contributed by atoms with E-state index in [2.05, 4.69) is 26.5 Å². The summed E-state index contributed by atoms with van der Waals surface area (Å²) in [6, 6.07) is 13.7. The SMILES string of the molecule is O=C(C[NH+]1CCN(S(=O)(=O)c2ccc(Br)cc2)CC1)N/N=C/c1ccc(Cl)cc1. The van der Waals surface area contributed by atoms with Gasteiger partial charge in [0.2, 0.25) is 10.0 Å². The molecule has 1 aliphatic rings. The molecule has 0 saturated carbocycles. The van der Waals surface area contributed by atoms with Gasteiger partial charge in [0, 0.05) is 9.50 Å². The van der Waals surface area contributed by atoms with Gasteiger partial charge in [-0.05, 0) is 42.0 Å². The molecule has 2 N–H and O–H groups in total. The Morgan fingerprint density at radius 1 is 1.14 bits per heavy atom. The summed E-state index contributed by atoms with van der Waals surface area (Å²) in [5.74, 6) is -0.213. The molecule has 10 heteroatoms. The third-order valence-corrected chi connectivity index (χ3v) is 7.26. The molecule has 0 aromatic heterocycles. The molecule has 154 valence electrons. The fraction of sp³-hybridized carbons (Fsp3) is 0.263. The first kappa shape index (κ1) is 21.9. The van der Waals surface area contributed by atoms with Crippen LogP contribution in [0.3, 0.4) is 0 Å². The monoisotopic (exact) mass is 499 g/mol. The van der Waals surface area contributed by atoms with Crippen LogP contribution in [0.5, 0.6) is 0 Å². The molecule has 2 aromatic rings. The highest BCUT2D eigenvalue weighted by molar-refractivity contribution is 9.10. The van der Waals surface area contributed by atoms with Crippen LogP contribution in [0.15, 0.2) is 63.0 Å². The number of carbonyl (C=O) groups is 1. The molecule has 0 atom stereocenters. The normalized spacial score (nSPS) is 16.2. The predicted octanol–water partition coefficient (Wildman–Crippen LogP) is 1.14. The van der Waals surface area contributed by atoms with Crippen LogP contribution in [0.1, 0.15) is 5.56 Å². The number of carbonyl (C=O) groups excluding carboxylic acids is 1. The third-order valence-electron chi connectivity index (χ3n) is 4.56. The summed E-state index contributed by atoms with van der Waals surface area (Å²) in [6.45, 7) is 2.10. The maximum absolute atomic E-state index is 12.7. The van der Waals surface area contributed by atoms with E-state index in [1.165, 1.54) is 4.31 Å². The zero-order valence-electron chi connectivity index (χ0n) is 15.5. The minimum absolute atomic E-state index is 0.213. The minimum atomic E-state index is -3.51. The number of rotatable bonds is 6. The molecule has 1 fully saturated rings. The number of sulfonamides is 1. The molecule has 2 aromatic carbocycles. The Labute approximate surface area is 183 Å². The zero-order valence-corrected chi connectivity index (χ0v) is 18.7. The number of benzene rings is 2. The highest BCUT2D eigenvalue weighted by Crippen LogP contribution is 2.18. The lowest BCUT2D eigenvalue weighted by atomic mass is 10.2. The first-order valence-corrected chi connectivity index (χ1v) is 11.6. The fourth-order valence-corrected chi connectivity index (χ4v) is 4.80. The van der Waals surface area contributed by atoms with Gasteiger partial charge in [-0.2, -0.15) is 9.41 Å². The number of nitrogens with one attached hydrogen (secondary N) is 2. The summed E-state index contributed by atoms with van der Waals surface area (Å²) in [4.78, 5) is 13.4. The van der Waals surface area contributed by atoms with Crippen LogP contribution in [0.4, 0.5) is 0 Å². The number of amides is 1. The molecule has 0 unspecified atom stereocenters. The molecule has 0 aliphatic carbocycles. The van der Waals surface area contributed by atoms with Gasteiger partial charge in [0.15, 0.2) is 6.54 Å². The molecule has 3 rings (SSSR count). The number of halogens is 2. The van der Waals surface area contributed by atoms with Crippen LogP contribution in [0.2, 0.25) is 5.02 Å². The first-order valence-electron chi connectivity index (χ1n) is 9.01. The van der Waals surface area contributed by atoms with E-state index in [0.29, 0.717) is 31.2 Å². The Kier molecular flexibility index (Phi) is 7.42. The van der Waals surface area contributed by atoms with E-state index in [1.807, 2.05) is 0 Å². The van der Waals surface area contributed by atoms with Crippen LogP contribution in [0, 0.1) is 0 Å². The summed E-state index contributed by atoms with van der Waals surface area (Å²) in [5, 5.41) is 4.58. The van der Waals surface area contributed by atoms with Crippen molar-refractivity contribution >= 4 is 49.7 Å². The van der Waals surface area contributed by atoms with Crippen LogP contribution in [-0.2, 0) is 14.8 Å². The Morgan fingerprint density at radius 2 is 1.76 bits per heavy atom. The van der Waals surface area contributed by atoms with Gasteiger partial charge in [-0.3, -0.25) is 4.79 Å². The molecule has 0 spiro atoms. The number of hydrogen-bond donors (Lipinski definition) is 2. The maximum Gasteiger partial charge on any atom is 0.295 e. The molecular formula is C19H21BrClN4O3S+. The standard InChI is InChI=1S/C19H20BrClN4O3S/c20-16-3-7-18(8-4-16)29(27,28)25-11-9-24(10-12-25)14-19(26)23-22-13-15-1-5-17(21)6-2-15/h1-8,13H,9-12,14H2,(H,23,26)/p+1/b22-13+. The summed E-state index contributed by atoms with van der Waals surface area (Å²) in [6.07, 6.45) is 1.55. The Morgan fingerprint density at radius 3 is 2.38 bits per heavy atom. The zero-order chi connectivity index (χ0) is 20.9. The van der Waals surface area contributed by atoms with E-state index < -0.39 is 10.0 Å². The molecule has 0 radical (unpaired) electrons. The average Bonchev–Trinajstić information content (AvgIpc) is 2.70. The van der Waals surface area contributed by atoms with Crippen molar-refractivity contribution in [2.75, 3.05) is 32.7 Å². The second-order valence-corrected chi connectivity index (χ2v) is 9.92. The van der Waals surface area contributed by atoms with Crippen molar-refractivity contribution in [1.82, 2.24) is 9.73 Å². The summed E-state index contributed by atoms with van der Waals surface area (Å²) >= 11 is 9.13. The predicted molar refractivity (Wildman–Crippen MR) is 116 cm³/mol.